The third-order valence-corrected chi connectivity index (χ3v) is 4.20. The number of carbonyl (C=O) groups excluding carboxylic acids is 1. The average molecular weight is 378 g/mol. The van der Waals surface area contributed by atoms with Gasteiger partial charge in [-0.3, -0.25) is 9.59 Å². The van der Waals surface area contributed by atoms with Crippen LogP contribution in [0.4, 0.5) is 0 Å². The summed E-state index contributed by atoms with van der Waals surface area (Å²) >= 11 is 0. The molecule has 0 bridgehead atoms. The predicted octanol–water partition coefficient (Wildman–Crippen LogP) is 1.79. The van der Waals surface area contributed by atoms with Gasteiger partial charge in [-0.2, -0.15) is 10.1 Å². The fourth-order valence-electron chi connectivity index (χ4n) is 2.65. The van der Waals surface area contributed by atoms with Crippen LogP contribution in [0.25, 0.3) is 0 Å². The SMILES string of the molecule is COCCn1nc(C(=O)N=c2ccccn2Cc2ccc(C)cc2)ccc1=O. The summed E-state index contributed by atoms with van der Waals surface area (Å²) in [7, 11) is 1.54. The van der Waals surface area contributed by atoms with Crippen molar-refractivity contribution in [3.05, 3.63) is 93.5 Å². The van der Waals surface area contributed by atoms with Gasteiger partial charge >= 0.3 is 0 Å². The molecule has 0 unspecified atom stereocenters. The van der Waals surface area contributed by atoms with Crippen LogP contribution in [0.5, 0.6) is 0 Å². The van der Waals surface area contributed by atoms with Crippen molar-refractivity contribution in [3.8, 4) is 0 Å². The number of carbonyl (C=O) groups is 1. The monoisotopic (exact) mass is 378 g/mol. The topological polar surface area (TPSA) is 78.5 Å². The van der Waals surface area contributed by atoms with E-state index in [1.54, 1.807) is 6.07 Å². The smallest absolute Gasteiger partial charge is 0.299 e. The molecule has 0 spiro atoms. The van der Waals surface area contributed by atoms with E-state index in [4.69, 9.17) is 4.74 Å². The van der Waals surface area contributed by atoms with E-state index in [1.165, 1.54) is 29.5 Å². The van der Waals surface area contributed by atoms with Gasteiger partial charge in [0.2, 0.25) is 0 Å². The molecule has 0 aliphatic rings. The highest BCUT2D eigenvalue weighted by Gasteiger charge is 2.09. The van der Waals surface area contributed by atoms with Gasteiger partial charge in [0.15, 0.2) is 5.69 Å². The summed E-state index contributed by atoms with van der Waals surface area (Å²) in [6.07, 6.45) is 1.87. The zero-order valence-electron chi connectivity index (χ0n) is 15.9. The number of amides is 1. The van der Waals surface area contributed by atoms with E-state index < -0.39 is 5.91 Å². The normalized spacial score (nSPS) is 11.6. The third-order valence-electron chi connectivity index (χ3n) is 4.20. The Balaban J connectivity index is 1.90. The predicted molar refractivity (Wildman–Crippen MR) is 105 cm³/mol. The molecule has 2 aromatic heterocycles. The first-order valence-electron chi connectivity index (χ1n) is 8.94. The molecule has 144 valence electrons. The number of pyridine rings is 1. The maximum absolute atomic E-state index is 12.6. The van der Waals surface area contributed by atoms with E-state index >= 15 is 0 Å². The largest absolute Gasteiger partial charge is 0.383 e. The molecule has 0 atom stereocenters. The van der Waals surface area contributed by atoms with Crippen LogP contribution >= 0.6 is 0 Å². The summed E-state index contributed by atoms with van der Waals surface area (Å²) < 4.78 is 8.06. The van der Waals surface area contributed by atoms with Crippen LogP contribution < -0.4 is 11.0 Å². The Bertz CT molecular complexity index is 1080. The molecule has 3 rings (SSSR count). The number of nitrogens with zero attached hydrogens (tertiary/aromatic N) is 4. The van der Waals surface area contributed by atoms with Crippen molar-refractivity contribution in [3.63, 3.8) is 0 Å². The molecule has 0 N–H and O–H groups in total. The van der Waals surface area contributed by atoms with E-state index in [-0.39, 0.29) is 17.8 Å². The Morgan fingerprint density at radius 3 is 2.64 bits per heavy atom. The second-order valence-electron chi connectivity index (χ2n) is 6.36. The minimum Gasteiger partial charge on any atom is -0.383 e. The Morgan fingerprint density at radius 1 is 1.11 bits per heavy atom. The number of hydrogen-bond donors (Lipinski definition) is 0. The van der Waals surface area contributed by atoms with Crippen LogP contribution in [0.3, 0.4) is 0 Å². The highest BCUT2D eigenvalue weighted by Crippen LogP contribution is 2.04. The fourth-order valence-corrected chi connectivity index (χ4v) is 2.65. The fraction of sp³-hybridized carbons (Fsp3) is 0.238. The number of aryl methyl sites for hydroxylation is 1. The summed E-state index contributed by atoms with van der Waals surface area (Å²) in [5.41, 5.74) is 2.64. The Hall–Kier alpha value is -3.32. The molecule has 0 aliphatic heterocycles. The van der Waals surface area contributed by atoms with E-state index in [9.17, 15) is 9.59 Å². The molecule has 28 heavy (non-hydrogen) atoms. The molecule has 7 nitrogen and oxygen atoms in total. The van der Waals surface area contributed by atoms with Crippen LogP contribution in [0.2, 0.25) is 0 Å². The van der Waals surface area contributed by atoms with Crippen molar-refractivity contribution in [1.29, 1.82) is 0 Å². The minimum atomic E-state index is -0.505. The molecule has 3 aromatic rings. The van der Waals surface area contributed by atoms with E-state index in [2.05, 4.69) is 10.1 Å². The van der Waals surface area contributed by atoms with Crippen LogP contribution in [0, 0.1) is 6.92 Å². The molecule has 0 aliphatic carbocycles. The Morgan fingerprint density at radius 2 is 1.89 bits per heavy atom. The maximum atomic E-state index is 12.6. The molecular weight excluding hydrogens is 356 g/mol. The van der Waals surface area contributed by atoms with E-state index in [0.717, 1.165) is 5.56 Å². The molecule has 0 radical (unpaired) electrons. The first kappa shape index (κ1) is 19.4. The van der Waals surface area contributed by atoms with Gasteiger partial charge in [-0.05, 0) is 30.7 Å². The minimum absolute atomic E-state index is 0.112. The van der Waals surface area contributed by atoms with Gasteiger partial charge in [-0.1, -0.05) is 35.9 Å². The van der Waals surface area contributed by atoms with Crippen molar-refractivity contribution in [2.45, 2.75) is 20.0 Å². The molecule has 1 amide bonds. The van der Waals surface area contributed by atoms with Gasteiger partial charge in [-0.15, -0.1) is 0 Å². The van der Waals surface area contributed by atoms with Crippen LogP contribution in [0.1, 0.15) is 21.6 Å². The lowest BCUT2D eigenvalue weighted by molar-refractivity contribution is 0.0988. The molecule has 0 saturated heterocycles. The summed E-state index contributed by atoms with van der Waals surface area (Å²) in [6.45, 7) is 3.23. The second kappa shape index (κ2) is 9.05. The number of rotatable bonds is 6. The number of aromatic nitrogens is 3. The molecule has 1 aromatic carbocycles. The molecular formula is C21H22N4O3. The molecule has 2 heterocycles. The number of methoxy groups -OCH3 is 1. The van der Waals surface area contributed by atoms with Gasteiger partial charge < -0.3 is 9.30 Å². The first-order valence-corrected chi connectivity index (χ1v) is 8.94. The van der Waals surface area contributed by atoms with Gasteiger partial charge in [0, 0.05) is 25.9 Å². The van der Waals surface area contributed by atoms with E-state index in [1.807, 2.05) is 54.1 Å². The summed E-state index contributed by atoms with van der Waals surface area (Å²) in [4.78, 5) is 28.7. The van der Waals surface area contributed by atoms with E-state index in [0.29, 0.717) is 18.6 Å². The third kappa shape index (κ3) is 4.89. The van der Waals surface area contributed by atoms with Crippen LogP contribution in [0.15, 0.2) is 70.6 Å². The lowest BCUT2D eigenvalue weighted by atomic mass is 10.1. The Kier molecular flexibility index (Phi) is 6.29. The van der Waals surface area contributed by atoms with Crippen molar-refractivity contribution >= 4 is 5.91 Å². The number of benzene rings is 1. The molecule has 0 fully saturated rings. The highest BCUT2D eigenvalue weighted by atomic mass is 16.5. The van der Waals surface area contributed by atoms with Gasteiger partial charge in [0.1, 0.15) is 5.49 Å². The van der Waals surface area contributed by atoms with Gasteiger partial charge in [0.05, 0.1) is 13.2 Å². The zero-order valence-corrected chi connectivity index (χ0v) is 15.9. The summed E-state index contributed by atoms with van der Waals surface area (Å²) in [5, 5.41) is 4.10. The van der Waals surface area contributed by atoms with Gasteiger partial charge in [-0.25, -0.2) is 4.68 Å². The lowest BCUT2D eigenvalue weighted by Crippen LogP contribution is -2.27. The summed E-state index contributed by atoms with van der Waals surface area (Å²) in [5.74, 6) is -0.505. The second-order valence-corrected chi connectivity index (χ2v) is 6.36. The maximum Gasteiger partial charge on any atom is 0.299 e. The van der Waals surface area contributed by atoms with Crippen molar-refractivity contribution in [1.82, 2.24) is 14.3 Å². The lowest BCUT2D eigenvalue weighted by Gasteiger charge is -2.08. The average Bonchev–Trinajstić information content (AvgIpc) is 2.70. The number of ether oxygens (including phenoxy) is 1. The van der Waals surface area contributed by atoms with Crippen molar-refractivity contribution in [2.24, 2.45) is 4.99 Å². The molecule has 7 heteroatoms. The Labute approximate surface area is 162 Å². The zero-order chi connectivity index (χ0) is 19.9. The van der Waals surface area contributed by atoms with Crippen LogP contribution in [-0.2, 0) is 17.8 Å². The van der Waals surface area contributed by atoms with Crippen LogP contribution in [-0.4, -0.2) is 34.0 Å². The molecule has 0 saturated carbocycles. The van der Waals surface area contributed by atoms with Crippen molar-refractivity contribution in [2.75, 3.05) is 13.7 Å². The standard InChI is InChI=1S/C21H22N4O3/c1-16-6-8-17(9-7-16)15-24-12-4-3-5-19(24)22-21(27)18-10-11-20(26)25(23-18)13-14-28-2/h3-12H,13-15H2,1-2H3. The quantitative estimate of drug-likeness (QED) is 0.655. The van der Waals surface area contributed by atoms with Crippen molar-refractivity contribution < 1.29 is 9.53 Å². The van der Waals surface area contributed by atoms with Gasteiger partial charge in [0.25, 0.3) is 11.5 Å². The summed E-state index contributed by atoms with van der Waals surface area (Å²) in [6, 6.07) is 16.4. The number of hydrogen-bond acceptors (Lipinski definition) is 4. The highest BCUT2D eigenvalue weighted by molar-refractivity contribution is 5.92. The first-order chi connectivity index (χ1) is 13.6.